The van der Waals surface area contributed by atoms with Crippen LogP contribution in [0.5, 0.6) is 0 Å². The molecule has 7 nitrogen and oxygen atoms in total. The van der Waals surface area contributed by atoms with Crippen molar-refractivity contribution in [1.29, 1.82) is 0 Å². The lowest BCUT2D eigenvalue weighted by Gasteiger charge is -2.34. The highest BCUT2D eigenvalue weighted by atomic mass is 35.5. The molecule has 45 heavy (non-hydrogen) atoms. The summed E-state index contributed by atoms with van der Waals surface area (Å²) in [5.41, 5.74) is 3.67. The SMILES string of the molecule is CCCNC(=O)[C@H](Cc1ccccc1)N(Cc1ccc(Cl)c(Cl)c1)C(=O)CN(c1ccc(C)cc1)S(=O)(=O)c1ccc(C)cc1. The van der Waals surface area contributed by atoms with E-state index in [2.05, 4.69) is 5.32 Å². The Balaban J connectivity index is 1.80. The van der Waals surface area contributed by atoms with E-state index in [1.807, 2.05) is 51.1 Å². The summed E-state index contributed by atoms with van der Waals surface area (Å²) in [7, 11) is -4.17. The van der Waals surface area contributed by atoms with Gasteiger partial charge in [0, 0.05) is 19.5 Å². The van der Waals surface area contributed by atoms with Crippen LogP contribution in [0.25, 0.3) is 0 Å². The van der Waals surface area contributed by atoms with Crippen molar-refractivity contribution in [3.63, 3.8) is 0 Å². The van der Waals surface area contributed by atoms with E-state index in [4.69, 9.17) is 23.2 Å². The van der Waals surface area contributed by atoms with Crippen LogP contribution in [0.1, 0.15) is 35.6 Å². The zero-order valence-electron chi connectivity index (χ0n) is 25.5. The summed E-state index contributed by atoms with van der Waals surface area (Å²) >= 11 is 12.5. The Morgan fingerprint density at radius 1 is 0.800 bits per heavy atom. The molecule has 0 fully saturated rings. The molecule has 0 radical (unpaired) electrons. The number of hydrogen-bond acceptors (Lipinski definition) is 4. The standard InChI is InChI=1S/C35H37Cl2N3O4S/c1-4-20-38-35(42)33(22-27-8-6-5-7-9-27)39(23-28-14-19-31(36)32(37)21-28)34(41)24-40(29-15-10-25(2)11-16-29)45(43,44)30-17-12-26(3)13-18-30/h5-19,21,33H,4,20,22-24H2,1-3H3,(H,38,42)/t33-/m0/s1. The molecule has 4 aromatic carbocycles. The Bertz CT molecular complexity index is 1710. The highest BCUT2D eigenvalue weighted by molar-refractivity contribution is 7.92. The summed E-state index contributed by atoms with van der Waals surface area (Å²) in [5.74, 6) is -0.887. The molecule has 0 unspecified atom stereocenters. The molecular weight excluding hydrogens is 629 g/mol. The smallest absolute Gasteiger partial charge is 0.264 e. The second kappa shape index (κ2) is 15.4. The molecule has 4 aromatic rings. The first kappa shape index (κ1) is 34.0. The molecule has 0 aliphatic carbocycles. The van der Waals surface area contributed by atoms with Gasteiger partial charge in [0.15, 0.2) is 0 Å². The maximum atomic E-state index is 14.5. The average Bonchev–Trinajstić information content (AvgIpc) is 3.03. The van der Waals surface area contributed by atoms with Crippen LogP contribution in [0.2, 0.25) is 10.0 Å². The van der Waals surface area contributed by atoms with Crippen molar-refractivity contribution < 1.29 is 18.0 Å². The van der Waals surface area contributed by atoms with E-state index >= 15 is 0 Å². The van der Waals surface area contributed by atoms with E-state index in [9.17, 15) is 18.0 Å². The van der Waals surface area contributed by atoms with E-state index in [0.29, 0.717) is 34.3 Å². The number of sulfonamides is 1. The number of aryl methyl sites for hydroxylation is 2. The number of anilines is 1. The van der Waals surface area contributed by atoms with Gasteiger partial charge in [-0.1, -0.05) is 102 Å². The van der Waals surface area contributed by atoms with Crippen molar-refractivity contribution in [3.8, 4) is 0 Å². The van der Waals surface area contributed by atoms with Gasteiger partial charge in [-0.3, -0.25) is 13.9 Å². The molecule has 10 heteroatoms. The predicted molar refractivity (Wildman–Crippen MR) is 181 cm³/mol. The second-order valence-corrected chi connectivity index (χ2v) is 13.6. The van der Waals surface area contributed by atoms with Gasteiger partial charge in [-0.15, -0.1) is 0 Å². The summed E-state index contributed by atoms with van der Waals surface area (Å²) in [5, 5.41) is 3.60. The number of carbonyl (C=O) groups excluding carboxylic acids is 2. The monoisotopic (exact) mass is 665 g/mol. The Morgan fingerprint density at radius 3 is 2.02 bits per heavy atom. The van der Waals surface area contributed by atoms with Crippen molar-refractivity contribution in [2.24, 2.45) is 0 Å². The summed E-state index contributed by atoms with van der Waals surface area (Å²) in [6, 6.07) is 26.9. The fraction of sp³-hybridized carbons (Fsp3) is 0.257. The summed E-state index contributed by atoms with van der Waals surface area (Å²) < 4.78 is 29.3. The fourth-order valence-corrected chi connectivity index (χ4v) is 6.57. The fourth-order valence-electron chi connectivity index (χ4n) is 4.83. The van der Waals surface area contributed by atoms with Gasteiger partial charge in [0.05, 0.1) is 20.6 Å². The zero-order chi connectivity index (χ0) is 32.6. The molecule has 236 valence electrons. The molecule has 0 spiro atoms. The minimum absolute atomic E-state index is 0.000908. The van der Waals surface area contributed by atoms with Crippen LogP contribution < -0.4 is 9.62 Å². The minimum atomic E-state index is -4.17. The summed E-state index contributed by atoms with van der Waals surface area (Å²) in [6.07, 6.45) is 0.930. The third kappa shape index (κ3) is 8.87. The van der Waals surface area contributed by atoms with Gasteiger partial charge in [0.25, 0.3) is 10.0 Å². The Morgan fingerprint density at radius 2 is 1.42 bits per heavy atom. The molecule has 1 N–H and O–H groups in total. The number of rotatable bonds is 13. The zero-order valence-corrected chi connectivity index (χ0v) is 27.9. The normalized spacial score (nSPS) is 11.9. The van der Waals surface area contributed by atoms with E-state index in [1.54, 1.807) is 54.6 Å². The van der Waals surface area contributed by atoms with Crippen LogP contribution >= 0.6 is 23.2 Å². The number of halogens is 2. The number of hydrogen-bond donors (Lipinski definition) is 1. The van der Waals surface area contributed by atoms with Crippen LogP contribution in [-0.4, -0.2) is 44.3 Å². The summed E-state index contributed by atoms with van der Waals surface area (Å²) in [6.45, 7) is 5.60. The number of carbonyl (C=O) groups is 2. The Hall–Kier alpha value is -3.85. The topological polar surface area (TPSA) is 86.8 Å². The lowest BCUT2D eigenvalue weighted by atomic mass is 10.0. The van der Waals surface area contributed by atoms with Crippen molar-refractivity contribution >= 4 is 50.7 Å². The molecule has 4 rings (SSSR count). The van der Waals surface area contributed by atoms with Gasteiger partial charge in [-0.05, 0) is 67.8 Å². The lowest BCUT2D eigenvalue weighted by molar-refractivity contribution is -0.140. The van der Waals surface area contributed by atoms with E-state index in [0.717, 1.165) is 21.0 Å². The maximum Gasteiger partial charge on any atom is 0.264 e. The van der Waals surface area contributed by atoms with Crippen molar-refractivity contribution in [2.45, 2.75) is 51.1 Å². The van der Waals surface area contributed by atoms with Gasteiger partial charge in [0.2, 0.25) is 11.8 Å². The third-order valence-corrected chi connectivity index (χ3v) is 9.89. The molecular formula is C35H37Cl2N3O4S. The van der Waals surface area contributed by atoms with Gasteiger partial charge in [-0.25, -0.2) is 8.42 Å². The third-order valence-electron chi connectivity index (χ3n) is 7.37. The molecule has 0 aliphatic heterocycles. The first-order valence-corrected chi connectivity index (χ1v) is 16.9. The quantitative estimate of drug-likeness (QED) is 0.167. The Kier molecular flexibility index (Phi) is 11.7. The van der Waals surface area contributed by atoms with Gasteiger partial charge in [0.1, 0.15) is 12.6 Å². The highest BCUT2D eigenvalue weighted by Gasteiger charge is 2.34. The van der Waals surface area contributed by atoms with Gasteiger partial charge >= 0.3 is 0 Å². The van der Waals surface area contributed by atoms with Crippen molar-refractivity contribution in [3.05, 3.63) is 129 Å². The molecule has 1 atom stereocenters. The molecule has 0 aliphatic rings. The largest absolute Gasteiger partial charge is 0.354 e. The minimum Gasteiger partial charge on any atom is -0.354 e. The van der Waals surface area contributed by atoms with E-state index in [-0.39, 0.29) is 23.8 Å². The Labute approximate surface area is 275 Å². The number of nitrogens with zero attached hydrogens (tertiary/aromatic N) is 2. The number of nitrogens with one attached hydrogen (secondary N) is 1. The van der Waals surface area contributed by atoms with Crippen LogP contribution in [0.3, 0.4) is 0 Å². The van der Waals surface area contributed by atoms with Crippen LogP contribution in [-0.2, 0) is 32.6 Å². The first-order valence-electron chi connectivity index (χ1n) is 14.7. The van der Waals surface area contributed by atoms with Gasteiger partial charge < -0.3 is 10.2 Å². The highest BCUT2D eigenvalue weighted by Crippen LogP contribution is 2.27. The van der Waals surface area contributed by atoms with E-state index < -0.39 is 28.5 Å². The molecule has 0 bridgehead atoms. The second-order valence-electron chi connectivity index (χ2n) is 10.9. The molecule has 0 saturated carbocycles. The molecule has 0 heterocycles. The molecule has 2 amide bonds. The maximum absolute atomic E-state index is 14.5. The van der Waals surface area contributed by atoms with Crippen LogP contribution in [0, 0.1) is 13.8 Å². The van der Waals surface area contributed by atoms with Crippen LogP contribution in [0.15, 0.2) is 102 Å². The number of benzene rings is 4. The molecule has 0 saturated heterocycles. The first-order chi connectivity index (χ1) is 21.5. The summed E-state index contributed by atoms with van der Waals surface area (Å²) in [4.78, 5) is 29.7. The van der Waals surface area contributed by atoms with E-state index in [1.165, 1.54) is 17.0 Å². The van der Waals surface area contributed by atoms with Gasteiger partial charge in [-0.2, -0.15) is 0 Å². The van der Waals surface area contributed by atoms with Crippen molar-refractivity contribution in [1.82, 2.24) is 10.2 Å². The molecule has 0 aromatic heterocycles. The van der Waals surface area contributed by atoms with Crippen LogP contribution in [0.4, 0.5) is 5.69 Å². The predicted octanol–water partition coefficient (Wildman–Crippen LogP) is 6.97. The lowest BCUT2D eigenvalue weighted by Crippen LogP contribution is -2.53. The van der Waals surface area contributed by atoms with Crippen molar-refractivity contribution in [2.75, 3.05) is 17.4 Å². The number of amides is 2. The average molecular weight is 667 g/mol.